The number of piperazine rings is 1. The standard InChI is InChI=1S/C33H38F4N4O3.3ClH/c1-22-19-40(20-23(2)44-22)11-10-39-12-13-41(29(21-39)14-24-4-5-30(34)31(15-24)43-3)32(42)27-16-26(25-6-8-38-9-7-25)17-28(18-27)33(35,36)37;;;/h4-9,15-18,22-23,29H,10-14,19-21H2,1-3H3;3*1H/t22?,23?,29-;;;/m1.../s1. The van der Waals surface area contributed by atoms with Gasteiger partial charge in [0.05, 0.1) is 24.9 Å². The van der Waals surface area contributed by atoms with Crippen LogP contribution in [0.3, 0.4) is 0 Å². The van der Waals surface area contributed by atoms with Gasteiger partial charge in [-0.05, 0) is 79.4 Å². The molecule has 260 valence electrons. The summed E-state index contributed by atoms with van der Waals surface area (Å²) in [7, 11) is 1.39. The summed E-state index contributed by atoms with van der Waals surface area (Å²) in [6, 6.07) is 11.0. The topological polar surface area (TPSA) is 58.1 Å². The highest BCUT2D eigenvalue weighted by Crippen LogP contribution is 2.34. The van der Waals surface area contributed by atoms with E-state index in [-0.39, 0.29) is 72.3 Å². The Bertz CT molecular complexity index is 1440. The van der Waals surface area contributed by atoms with Gasteiger partial charge in [0, 0.05) is 69.8 Å². The third-order valence-electron chi connectivity index (χ3n) is 8.26. The molecule has 3 heterocycles. The molecule has 2 aromatic carbocycles. The molecule has 3 atom stereocenters. The Morgan fingerprint density at radius 1 is 0.894 bits per heavy atom. The molecule has 0 radical (unpaired) electrons. The zero-order valence-electron chi connectivity index (χ0n) is 26.4. The molecule has 0 aliphatic carbocycles. The molecule has 2 aliphatic rings. The minimum absolute atomic E-state index is 0. The van der Waals surface area contributed by atoms with Gasteiger partial charge in [-0.3, -0.25) is 19.6 Å². The second-order valence-corrected chi connectivity index (χ2v) is 11.7. The van der Waals surface area contributed by atoms with Crippen LogP contribution >= 0.6 is 37.2 Å². The largest absolute Gasteiger partial charge is 0.494 e. The predicted octanol–water partition coefficient (Wildman–Crippen LogP) is 6.66. The lowest BCUT2D eigenvalue weighted by Crippen LogP contribution is -2.57. The van der Waals surface area contributed by atoms with Crippen LogP contribution in [0.5, 0.6) is 5.75 Å². The molecule has 0 spiro atoms. The van der Waals surface area contributed by atoms with Crippen molar-refractivity contribution in [3.05, 3.63) is 83.4 Å². The summed E-state index contributed by atoms with van der Waals surface area (Å²) in [5, 5.41) is 0. The van der Waals surface area contributed by atoms with Crippen molar-refractivity contribution in [1.29, 1.82) is 0 Å². The molecule has 0 N–H and O–H groups in total. The number of carbonyl (C=O) groups excluding carboxylic acids is 1. The van der Waals surface area contributed by atoms with Gasteiger partial charge in [0.15, 0.2) is 11.6 Å². The minimum atomic E-state index is -4.63. The van der Waals surface area contributed by atoms with Crippen LogP contribution in [0.2, 0.25) is 0 Å². The van der Waals surface area contributed by atoms with E-state index in [0.29, 0.717) is 31.6 Å². The Kier molecular flexibility index (Phi) is 15.2. The summed E-state index contributed by atoms with van der Waals surface area (Å²) < 4.78 is 67.1. The van der Waals surface area contributed by atoms with Gasteiger partial charge in [0.25, 0.3) is 5.91 Å². The van der Waals surface area contributed by atoms with Crippen LogP contribution in [-0.4, -0.2) is 96.8 Å². The van der Waals surface area contributed by atoms with Crippen LogP contribution in [0.4, 0.5) is 17.6 Å². The van der Waals surface area contributed by atoms with Crippen molar-refractivity contribution in [3.63, 3.8) is 0 Å². The van der Waals surface area contributed by atoms with E-state index in [9.17, 15) is 22.4 Å². The van der Waals surface area contributed by atoms with Gasteiger partial charge >= 0.3 is 6.18 Å². The second kappa shape index (κ2) is 17.6. The first-order valence-electron chi connectivity index (χ1n) is 14.9. The predicted molar refractivity (Wildman–Crippen MR) is 181 cm³/mol. The number of benzene rings is 2. The lowest BCUT2D eigenvalue weighted by Gasteiger charge is -2.43. The summed E-state index contributed by atoms with van der Waals surface area (Å²) in [6.45, 7) is 8.89. The molecular formula is C33H41Cl3F4N4O3. The molecule has 3 aromatic rings. The number of hydrogen-bond donors (Lipinski definition) is 0. The first-order chi connectivity index (χ1) is 21.0. The number of morpholine rings is 1. The van der Waals surface area contributed by atoms with E-state index < -0.39 is 23.5 Å². The molecule has 2 fully saturated rings. The Balaban J connectivity index is 0.00000256. The van der Waals surface area contributed by atoms with Crippen LogP contribution in [0, 0.1) is 5.82 Å². The minimum Gasteiger partial charge on any atom is -0.494 e. The summed E-state index contributed by atoms with van der Waals surface area (Å²) >= 11 is 0. The quantitative estimate of drug-likeness (QED) is 0.243. The fourth-order valence-corrected chi connectivity index (χ4v) is 6.21. The highest BCUT2D eigenvalue weighted by Gasteiger charge is 2.35. The Morgan fingerprint density at radius 3 is 2.19 bits per heavy atom. The molecule has 5 rings (SSSR count). The number of rotatable bonds is 8. The van der Waals surface area contributed by atoms with Crippen molar-refractivity contribution in [2.45, 2.75) is 44.7 Å². The van der Waals surface area contributed by atoms with Gasteiger partial charge in [0.2, 0.25) is 0 Å². The van der Waals surface area contributed by atoms with Crippen LogP contribution in [0.25, 0.3) is 11.1 Å². The van der Waals surface area contributed by atoms with E-state index in [2.05, 4.69) is 28.6 Å². The molecule has 0 bridgehead atoms. The maximum Gasteiger partial charge on any atom is 0.416 e. The number of nitrogens with zero attached hydrogens (tertiary/aromatic N) is 4. The molecule has 2 unspecified atom stereocenters. The van der Waals surface area contributed by atoms with Gasteiger partial charge in [-0.1, -0.05) is 6.07 Å². The zero-order valence-corrected chi connectivity index (χ0v) is 28.9. The van der Waals surface area contributed by atoms with Crippen molar-refractivity contribution < 1.29 is 31.8 Å². The average Bonchev–Trinajstić information content (AvgIpc) is 3.00. The van der Waals surface area contributed by atoms with Crippen molar-refractivity contribution in [2.24, 2.45) is 0 Å². The molecule has 7 nitrogen and oxygen atoms in total. The van der Waals surface area contributed by atoms with Gasteiger partial charge < -0.3 is 14.4 Å². The molecule has 47 heavy (non-hydrogen) atoms. The highest BCUT2D eigenvalue weighted by molar-refractivity contribution is 5.96. The molecule has 2 aliphatic heterocycles. The lowest BCUT2D eigenvalue weighted by molar-refractivity contribution is -0.137. The molecule has 1 amide bonds. The van der Waals surface area contributed by atoms with Crippen molar-refractivity contribution >= 4 is 43.1 Å². The average molecular weight is 724 g/mol. The van der Waals surface area contributed by atoms with E-state index >= 15 is 0 Å². The fraction of sp³-hybridized carbons (Fsp3) is 0.455. The van der Waals surface area contributed by atoms with E-state index in [1.165, 1.54) is 31.6 Å². The number of amides is 1. The van der Waals surface area contributed by atoms with Crippen LogP contribution in [-0.2, 0) is 17.3 Å². The Morgan fingerprint density at radius 2 is 1.55 bits per heavy atom. The summed E-state index contributed by atoms with van der Waals surface area (Å²) in [5.41, 5.74) is 0.676. The summed E-state index contributed by atoms with van der Waals surface area (Å²) in [5.74, 6) is -0.861. The SMILES string of the molecule is COc1cc(C[C@@H]2CN(CCN3CC(C)OC(C)C3)CCN2C(=O)c2cc(-c3ccncc3)cc(C(F)(F)F)c2)ccc1F.Cl.Cl.Cl. The van der Waals surface area contributed by atoms with E-state index in [1.807, 2.05) is 0 Å². The number of carbonyl (C=O) groups is 1. The van der Waals surface area contributed by atoms with Crippen molar-refractivity contribution in [3.8, 4) is 16.9 Å². The number of pyridine rings is 1. The number of aromatic nitrogens is 1. The monoisotopic (exact) mass is 722 g/mol. The lowest BCUT2D eigenvalue weighted by atomic mass is 9.97. The van der Waals surface area contributed by atoms with Gasteiger partial charge in [-0.25, -0.2) is 4.39 Å². The third kappa shape index (κ3) is 10.4. The van der Waals surface area contributed by atoms with Gasteiger partial charge in [-0.2, -0.15) is 13.2 Å². The number of ether oxygens (including phenoxy) is 2. The molecule has 14 heteroatoms. The first kappa shape index (κ1) is 40.5. The summed E-state index contributed by atoms with van der Waals surface area (Å²) in [6.07, 6.45) is -0.933. The van der Waals surface area contributed by atoms with E-state index in [4.69, 9.17) is 9.47 Å². The Hall–Kier alpha value is -2.67. The Labute approximate surface area is 291 Å². The van der Waals surface area contributed by atoms with Crippen molar-refractivity contribution in [1.82, 2.24) is 19.7 Å². The van der Waals surface area contributed by atoms with Gasteiger partial charge in [-0.15, -0.1) is 37.2 Å². The molecule has 1 aromatic heterocycles. The summed E-state index contributed by atoms with van der Waals surface area (Å²) in [4.78, 5) is 24.3. The first-order valence-corrected chi connectivity index (χ1v) is 14.9. The van der Waals surface area contributed by atoms with E-state index in [1.54, 1.807) is 29.2 Å². The number of hydrogen-bond acceptors (Lipinski definition) is 6. The number of alkyl halides is 3. The molecular weight excluding hydrogens is 683 g/mol. The third-order valence-corrected chi connectivity index (χ3v) is 8.26. The smallest absolute Gasteiger partial charge is 0.416 e. The van der Waals surface area contributed by atoms with E-state index in [0.717, 1.165) is 43.9 Å². The van der Waals surface area contributed by atoms with Crippen LogP contribution in [0.1, 0.15) is 35.3 Å². The van der Waals surface area contributed by atoms with Crippen LogP contribution < -0.4 is 4.74 Å². The number of methoxy groups -OCH3 is 1. The normalized spacial score (nSPS) is 20.4. The molecule has 0 saturated carbocycles. The van der Waals surface area contributed by atoms with Gasteiger partial charge in [0.1, 0.15) is 0 Å². The zero-order chi connectivity index (χ0) is 31.4. The maximum absolute atomic E-state index is 14.2. The van der Waals surface area contributed by atoms with Crippen molar-refractivity contribution in [2.75, 3.05) is 52.9 Å². The maximum atomic E-state index is 14.2. The highest BCUT2D eigenvalue weighted by atomic mass is 35.5. The molecule has 2 saturated heterocycles. The second-order valence-electron chi connectivity index (χ2n) is 11.7. The number of halogens is 7. The fourth-order valence-electron chi connectivity index (χ4n) is 6.21. The van der Waals surface area contributed by atoms with Crippen LogP contribution in [0.15, 0.2) is 60.9 Å².